The van der Waals surface area contributed by atoms with Gasteiger partial charge in [0.25, 0.3) is 10.1 Å². The lowest BCUT2D eigenvalue weighted by Crippen LogP contribution is -1.96. The Morgan fingerprint density at radius 3 is 1.76 bits per heavy atom. The van der Waals surface area contributed by atoms with E-state index in [-0.39, 0.29) is 4.90 Å². The molecule has 0 fully saturated rings. The van der Waals surface area contributed by atoms with Gasteiger partial charge in [0.1, 0.15) is 0 Å². The summed E-state index contributed by atoms with van der Waals surface area (Å²) in [5.74, 6) is 0. The van der Waals surface area contributed by atoms with Gasteiger partial charge < -0.3 is 0 Å². The van der Waals surface area contributed by atoms with Gasteiger partial charge in [0.05, 0.1) is 15.9 Å². The highest BCUT2D eigenvalue weighted by Gasteiger charge is 2.06. The number of fused-ring (bicyclic) bond motifs is 1. The molecule has 0 unspecified atom stereocenters. The van der Waals surface area contributed by atoms with Crippen LogP contribution in [-0.2, 0) is 10.1 Å². The van der Waals surface area contributed by atoms with Crippen molar-refractivity contribution in [2.75, 3.05) is 0 Å². The molecule has 5 nitrogen and oxygen atoms in total. The van der Waals surface area contributed by atoms with Gasteiger partial charge in [-0.25, -0.2) is 0 Å². The number of hydrogen-bond acceptors (Lipinski definition) is 4. The van der Waals surface area contributed by atoms with Crippen LogP contribution in [0.2, 0.25) is 0 Å². The first-order valence-electron chi connectivity index (χ1n) is 6.17. The third-order valence-electron chi connectivity index (χ3n) is 2.69. The molecule has 0 radical (unpaired) electrons. The fraction of sp³-hybridized carbons (Fsp3) is 0.0667. The molecule has 3 aromatic rings. The highest BCUT2D eigenvalue weighted by atomic mass is 32.2. The summed E-state index contributed by atoms with van der Waals surface area (Å²) in [6, 6.07) is 13.8. The predicted molar refractivity (Wildman–Crippen MR) is 80.5 cm³/mol. The molecule has 0 bridgehead atoms. The first-order chi connectivity index (χ1) is 9.97. The van der Waals surface area contributed by atoms with Crippen molar-refractivity contribution in [2.24, 2.45) is 0 Å². The van der Waals surface area contributed by atoms with E-state index in [1.54, 1.807) is 24.5 Å². The molecule has 1 heterocycles. The van der Waals surface area contributed by atoms with Gasteiger partial charge >= 0.3 is 0 Å². The molecule has 108 valence electrons. The van der Waals surface area contributed by atoms with Gasteiger partial charge in [-0.05, 0) is 31.2 Å². The van der Waals surface area contributed by atoms with E-state index in [4.69, 9.17) is 4.55 Å². The monoisotopic (exact) mass is 302 g/mol. The zero-order valence-electron chi connectivity index (χ0n) is 11.3. The highest BCUT2D eigenvalue weighted by Crippen LogP contribution is 2.08. The molecule has 0 saturated carbocycles. The van der Waals surface area contributed by atoms with Gasteiger partial charge in [-0.2, -0.15) is 8.42 Å². The van der Waals surface area contributed by atoms with Crippen molar-refractivity contribution in [2.45, 2.75) is 11.8 Å². The average molecular weight is 302 g/mol. The predicted octanol–water partition coefficient (Wildman–Crippen LogP) is 2.87. The summed E-state index contributed by atoms with van der Waals surface area (Å²) in [5.41, 5.74) is 2.85. The topological polar surface area (TPSA) is 80.2 Å². The number of rotatable bonds is 1. The van der Waals surface area contributed by atoms with Gasteiger partial charge in [0.15, 0.2) is 0 Å². The molecule has 6 heteroatoms. The van der Waals surface area contributed by atoms with Crippen LogP contribution in [-0.4, -0.2) is 22.9 Å². The molecule has 0 spiro atoms. The summed E-state index contributed by atoms with van der Waals surface area (Å²) < 4.78 is 29.6. The van der Waals surface area contributed by atoms with Crippen molar-refractivity contribution in [3.05, 3.63) is 66.5 Å². The van der Waals surface area contributed by atoms with Crippen LogP contribution in [0.3, 0.4) is 0 Å². The van der Waals surface area contributed by atoms with Gasteiger partial charge in [0, 0.05) is 12.4 Å². The maximum absolute atomic E-state index is 10.5. The minimum Gasteiger partial charge on any atom is -0.282 e. The molecule has 1 N–H and O–H groups in total. The Balaban J connectivity index is 0.000000154. The lowest BCUT2D eigenvalue weighted by molar-refractivity contribution is 0.483. The fourth-order valence-electron chi connectivity index (χ4n) is 1.62. The van der Waals surface area contributed by atoms with E-state index in [0.717, 1.165) is 16.6 Å². The molecule has 21 heavy (non-hydrogen) atoms. The number of para-hydroxylation sites is 2. The lowest BCUT2D eigenvalue weighted by atomic mass is 10.2. The second-order valence-electron chi connectivity index (χ2n) is 4.33. The van der Waals surface area contributed by atoms with Crippen molar-refractivity contribution in [3.8, 4) is 0 Å². The first kappa shape index (κ1) is 15.1. The van der Waals surface area contributed by atoms with E-state index in [1.807, 2.05) is 31.2 Å². The minimum absolute atomic E-state index is 0.0666. The second-order valence-corrected chi connectivity index (χ2v) is 5.75. The fourth-order valence-corrected chi connectivity index (χ4v) is 2.10. The molecule has 0 amide bonds. The van der Waals surface area contributed by atoms with Gasteiger partial charge in [-0.3, -0.25) is 14.5 Å². The number of aryl methyl sites for hydroxylation is 1. The van der Waals surface area contributed by atoms with E-state index in [9.17, 15) is 8.42 Å². The summed E-state index contributed by atoms with van der Waals surface area (Å²) >= 11 is 0. The van der Waals surface area contributed by atoms with Crippen LogP contribution < -0.4 is 0 Å². The van der Waals surface area contributed by atoms with Gasteiger partial charge in [-0.15, -0.1) is 0 Å². The quantitative estimate of drug-likeness (QED) is 0.699. The Bertz CT molecular complexity index is 765. The number of aromatic nitrogens is 2. The molecule has 1 aromatic heterocycles. The van der Waals surface area contributed by atoms with Crippen molar-refractivity contribution in [1.82, 2.24) is 9.97 Å². The standard InChI is InChI=1S/C8H6N2.C7H8O3S/c1-2-4-8-7(3-1)9-5-6-10-8;1-6-2-4-7(5-3-6)11(8,9)10/h1-6H;2-5H,1H3,(H,8,9,10). The zero-order chi connectivity index (χ0) is 15.3. The zero-order valence-corrected chi connectivity index (χ0v) is 12.2. The Hall–Kier alpha value is -2.31. The summed E-state index contributed by atoms with van der Waals surface area (Å²) in [6.07, 6.45) is 3.39. The van der Waals surface area contributed by atoms with Crippen LogP contribution in [0.4, 0.5) is 0 Å². The van der Waals surface area contributed by atoms with Gasteiger partial charge in [0.2, 0.25) is 0 Å². The molecule has 0 saturated heterocycles. The Labute approximate surface area is 123 Å². The summed E-state index contributed by atoms with van der Waals surface area (Å²) in [7, 11) is -4.02. The smallest absolute Gasteiger partial charge is 0.282 e. The van der Waals surface area contributed by atoms with Crippen molar-refractivity contribution in [1.29, 1.82) is 0 Å². The first-order valence-corrected chi connectivity index (χ1v) is 7.61. The lowest BCUT2D eigenvalue weighted by Gasteiger charge is -1.95. The van der Waals surface area contributed by atoms with Crippen molar-refractivity contribution in [3.63, 3.8) is 0 Å². The minimum atomic E-state index is -4.02. The SMILES string of the molecule is Cc1ccc(S(=O)(=O)O)cc1.c1ccc2nccnc2c1. The molecule has 0 aliphatic rings. The molecule has 3 rings (SSSR count). The van der Waals surface area contributed by atoms with E-state index in [2.05, 4.69) is 9.97 Å². The summed E-state index contributed by atoms with van der Waals surface area (Å²) in [6.45, 7) is 1.84. The molecular formula is C15H14N2O3S. The van der Waals surface area contributed by atoms with E-state index in [1.165, 1.54) is 12.1 Å². The normalized spacial score (nSPS) is 10.8. The van der Waals surface area contributed by atoms with Crippen LogP contribution in [0.1, 0.15) is 5.56 Å². The van der Waals surface area contributed by atoms with Crippen LogP contribution in [0, 0.1) is 6.92 Å². The molecular weight excluding hydrogens is 288 g/mol. The van der Waals surface area contributed by atoms with Crippen LogP contribution in [0.5, 0.6) is 0 Å². The Morgan fingerprint density at radius 2 is 1.33 bits per heavy atom. The molecule has 0 atom stereocenters. The number of benzene rings is 2. The number of nitrogens with zero attached hydrogens (tertiary/aromatic N) is 2. The van der Waals surface area contributed by atoms with Crippen LogP contribution in [0.25, 0.3) is 11.0 Å². The maximum Gasteiger partial charge on any atom is 0.294 e. The van der Waals surface area contributed by atoms with Crippen molar-refractivity contribution >= 4 is 21.2 Å². The highest BCUT2D eigenvalue weighted by molar-refractivity contribution is 7.85. The largest absolute Gasteiger partial charge is 0.294 e. The van der Waals surface area contributed by atoms with Crippen LogP contribution >= 0.6 is 0 Å². The Morgan fingerprint density at radius 1 is 0.857 bits per heavy atom. The summed E-state index contributed by atoms with van der Waals surface area (Å²) in [5, 5.41) is 0. The average Bonchev–Trinajstić information content (AvgIpc) is 2.47. The maximum atomic E-state index is 10.5. The molecule has 2 aromatic carbocycles. The van der Waals surface area contributed by atoms with E-state index < -0.39 is 10.1 Å². The van der Waals surface area contributed by atoms with E-state index >= 15 is 0 Å². The third kappa shape index (κ3) is 4.34. The van der Waals surface area contributed by atoms with Crippen LogP contribution in [0.15, 0.2) is 65.8 Å². The second kappa shape index (κ2) is 6.43. The van der Waals surface area contributed by atoms with Gasteiger partial charge in [-0.1, -0.05) is 29.8 Å². The summed E-state index contributed by atoms with van der Waals surface area (Å²) in [4.78, 5) is 8.17. The third-order valence-corrected chi connectivity index (χ3v) is 3.56. The number of hydrogen-bond donors (Lipinski definition) is 1. The van der Waals surface area contributed by atoms with E-state index in [0.29, 0.717) is 0 Å². The molecule has 0 aliphatic carbocycles. The Kier molecular flexibility index (Phi) is 4.62. The molecule has 0 aliphatic heterocycles. The van der Waals surface area contributed by atoms with Crippen molar-refractivity contribution < 1.29 is 13.0 Å².